The Morgan fingerprint density at radius 1 is 1.33 bits per heavy atom. The van der Waals surface area contributed by atoms with Crippen molar-refractivity contribution in [2.75, 3.05) is 6.54 Å². The molecule has 3 rings (SSSR count). The Balaban J connectivity index is 2.03. The van der Waals surface area contributed by atoms with Crippen LogP contribution in [0.4, 0.5) is 4.39 Å². The van der Waals surface area contributed by atoms with E-state index in [1.54, 1.807) is 17.4 Å². The zero-order valence-corrected chi connectivity index (χ0v) is 12.5. The lowest BCUT2D eigenvalue weighted by molar-refractivity contribution is 0.393. The van der Waals surface area contributed by atoms with Crippen LogP contribution in [0.15, 0.2) is 34.5 Å². The first-order valence-corrected chi connectivity index (χ1v) is 8.60. The highest BCUT2D eigenvalue weighted by Crippen LogP contribution is 2.29. The predicted molar refractivity (Wildman–Crippen MR) is 76.7 cm³/mol. The zero-order valence-electron chi connectivity index (χ0n) is 10.9. The molecule has 108 valence electrons. The molecule has 1 aromatic carbocycles. The number of hydrogen-bond acceptors (Lipinski definition) is 4. The number of rotatable bonds is 2. The summed E-state index contributed by atoms with van der Waals surface area (Å²) in [5, 5.41) is 10.9. The summed E-state index contributed by atoms with van der Waals surface area (Å²) >= 11 is 1.61. The summed E-state index contributed by atoms with van der Waals surface area (Å²) in [6, 6.07) is 7.22. The van der Waals surface area contributed by atoms with Crippen molar-refractivity contribution in [2.45, 2.75) is 17.9 Å². The molecule has 0 amide bonds. The summed E-state index contributed by atoms with van der Waals surface area (Å²) < 4.78 is 40.3. The van der Waals surface area contributed by atoms with Gasteiger partial charge in [-0.3, -0.25) is 0 Å². The molecular formula is C14H11FN2O2S2. The monoisotopic (exact) mass is 322 g/mol. The van der Waals surface area contributed by atoms with Gasteiger partial charge in [-0.05, 0) is 35.6 Å². The molecule has 0 saturated carbocycles. The van der Waals surface area contributed by atoms with E-state index in [1.165, 1.54) is 21.3 Å². The molecule has 2 heterocycles. The third-order valence-electron chi connectivity index (χ3n) is 3.48. The summed E-state index contributed by atoms with van der Waals surface area (Å²) in [5.74, 6) is -0.813. The second-order valence-corrected chi connectivity index (χ2v) is 7.59. The van der Waals surface area contributed by atoms with Gasteiger partial charge >= 0.3 is 0 Å². The van der Waals surface area contributed by atoms with E-state index in [0.29, 0.717) is 13.0 Å². The van der Waals surface area contributed by atoms with Crippen molar-refractivity contribution in [3.05, 3.63) is 51.5 Å². The van der Waals surface area contributed by atoms with Crippen molar-refractivity contribution in [3.8, 4) is 6.07 Å². The Bertz CT molecular complexity index is 837. The molecule has 2 aromatic rings. The summed E-state index contributed by atoms with van der Waals surface area (Å²) in [5.41, 5.74) is 0.554. The molecule has 4 nitrogen and oxygen atoms in total. The first-order valence-electron chi connectivity index (χ1n) is 6.28. The van der Waals surface area contributed by atoms with Gasteiger partial charge in [0.25, 0.3) is 0 Å². The predicted octanol–water partition coefficient (Wildman–Crippen LogP) is 2.51. The molecule has 0 spiro atoms. The van der Waals surface area contributed by atoms with E-state index in [0.717, 1.165) is 11.6 Å². The van der Waals surface area contributed by atoms with Gasteiger partial charge in [-0.15, -0.1) is 11.3 Å². The largest absolute Gasteiger partial charge is 0.244 e. The number of halogens is 1. The van der Waals surface area contributed by atoms with Gasteiger partial charge in [0.05, 0.1) is 0 Å². The van der Waals surface area contributed by atoms with E-state index >= 15 is 0 Å². The molecule has 7 heteroatoms. The smallest absolute Gasteiger partial charge is 0.207 e. The highest BCUT2D eigenvalue weighted by molar-refractivity contribution is 7.89. The maximum absolute atomic E-state index is 13.6. The van der Waals surface area contributed by atoms with E-state index in [2.05, 4.69) is 0 Å². The summed E-state index contributed by atoms with van der Waals surface area (Å²) in [6.07, 6.45) is 0.642. The average molecular weight is 322 g/mol. The van der Waals surface area contributed by atoms with Gasteiger partial charge in [-0.25, -0.2) is 12.8 Å². The Labute approximate surface area is 126 Å². The van der Waals surface area contributed by atoms with Gasteiger partial charge in [-0.1, -0.05) is 6.07 Å². The van der Waals surface area contributed by atoms with Gasteiger partial charge in [0.1, 0.15) is 22.3 Å². The van der Waals surface area contributed by atoms with Crippen molar-refractivity contribution < 1.29 is 12.8 Å². The molecule has 0 N–H and O–H groups in total. The quantitative estimate of drug-likeness (QED) is 0.853. The first-order chi connectivity index (χ1) is 10.0. The number of hydrogen-bond donors (Lipinski definition) is 0. The molecular weight excluding hydrogens is 311 g/mol. The van der Waals surface area contributed by atoms with Crippen LogP contribution in [0, 0.1) is 17.1 Å². The lowest BCUT2D eigenvalue weighted by Crippen LogP contribution is -2.35. The topological polar surface area (TPSA) is 61.2 Å². The fourth-order valence-electron chi connectivity index (χ4n) is 2.39. The second kappa shape index (κ2) is 5.22. The number of sulfonamides is 1. The highest BCUT2D eigenvalue weighted by Gasteiger charge is 2.31. The lowest BCUT2D eigenvalue weighted by Gasteiger charge is -2.26. The standard InChI is InChI=1S/C14H11FN2O2S2/c15-12-2-1-3-14(11(12)8-16)21(18,19)17-6-4-13-10(9-17)5-7-20-13/h1-3,5,7H,4,6,9H2. The average Bonchev–Trinajstić information content (AvgIpc) is 2.94. The van der Waals surface area contributed by atoms with Crippen LogP contribution in [-0.4, -0.2) is 19.3 Å². The minimum atomic E-state index is -3.87. The van der Waals surface area contributed by atoms with Gasteiger partial charge < -0.3 is 0 Å². The number of nitriles is 1. The fourth-order valence-corrected chi connectivity index (χ4v) is 4.85. The highest BCUT2D eigenvalue weighted by atomic mass is 32.2. The Hall–Kier alpha value is -1.75. The second-order valence-electron chi connectivity index (χ2n) is 4.68. The number of nitrogens with zero attached hydrogens (tertiary/aromatic N) is 2. The minimum absolute atomic E-state index is 0.260. The van der Waals surface area contributed by atoms with Crippen molar-refractivity contribution in [1.29, 1.82) is 5.26 Å². The van der Waals surface area contributed by atoms with Gasteiger partial charge in [0.2, 0.25) is 10.0 Å². The van der Waals surface area contributed by atoms with Crippen molar-refractivity contribution >= 4 is 21.4 Å². The third-order valence-corrected chi connectivity index (χ3v) is 6.39. The molecule has 0 aliphatic carbocycles. The Morgan fingerprint density at radius 2 is 2.14 bits per heavy atom. The molecule has 21 heavy (non-hydrogen) atoms. The summed E-state index contributed by atoms with van der Waals surface area (Å²) in [7, 11) is -3.87. The fraction of sp³-hybridized carbons (Fsp3) is 0.214. The molecule has 0 unspecified atom stereocenters. The van der Waals surface area contributed by atoms with E-state index in [9.17, 15) is 12.8 Å². The lowest BCUT2D eigenvalue weighted by atomic mass is 10.1. The Morgan fingerprint density at radius 3 is 2.90 bits per heavy atom. The van der Waals surface area contributed by atoms with Crippen molar-refractivity contribution in [1.82, 2.24) is 4.31 Å². The van der Waals surface area contributed by atoms with E-state index in [1.807, 2.05) is 11.4 Å². The number of thiophene rings is 1. The van der Waals surface area contributed by atoms with Gasteiger partial charge in [0.15, 0.2) is 0 Å². The molecule has 0 bridgehead atoms. The number of fused-ring (bicyclic) bond motifs is 1. The van der Waals surface area contributed by atoms with Crippen LogP contribution in [-0.2, 0) is 23.0 Å². The maximum Gasteiger partial charge on any atom is 0.244 e. The molecule has 0 saturated heterocycles. The number of benzene rings is 1. The minimum Gasteiger partial charge on any atom is -0.207 e. The molecule has 0 radical (unpaired) electrons. The molecule has 1 aliphatic rings. The molecule has 0 atom stereocenters. The van der Waals surface area contributed by atoms with E-state index in [4.69, 9.17) is 5.26 Å². The maximum atomic E-state index is 13.6. The van der Waals surface area contributed by atoms with E-state index in [-0.39, 0.29) is 11.4 Å². The van der Waals surface area contributed by atoms with Gasteiger partial charge in [0, 0.05) is 18.0 Å². The van der Waals surface area contributed by atoms with Crippen LogP contribution in [0.3, 0.4) is 0 Å². The molecule has 1 aromatic heterocycles. The zero-order chi connectivity index (χ0) is 15.0. The first kappa shape index (κ1) is 14.2. The summed E-state index contributed by atoms with van der Waals surface area (Å²) in [4.78, 5) is 0.921. The van der Waals surface area contributed by atoms with Crippen LogP contribution in [0.5, 0.6) is 0 Å². The van der Waals surface area contributed by atoms with Crippen molar-refractivity contribution in [3.63, 3.8) is 0 Å². The Kier molecular flexibility index (Phi) is 3.53. The van der Waals surface area contributed by atoms with Crippen LogP contribution >= 0.6 is 11.3 Å². The summed E-state index contributed by atoms with van der Waals surface area (Å²) in [6.45, 7) is 0.611. The van der Waals surface area contributed by atoms with Crippen LogP contribution < -0.4 is 0 Å². The van der Waals surface area contributed by atoms with Crippen molar-refractivity contribution in [2.24, 2.45) is 0 Å². The molecule has 0 fully saturated rings. The molecule has 1 aliphatic heterocycles. The SMILES string of the molecule is N#Cc1c(F)cccc1S(=O)(=O)N1CCc2sccc2C1. The normalized spacial score (nSPS) is 15.4. The van der Waals surface area contributed by atoms with E-state index < -0.39 is 21.4 Å². The van der Waals surface area contributed by atoms with Crippen LogP contribution in [0.1, 0.15) is 16.0 Å². The van der Waals surface area contributed by atoms with Gasteiger partial charge in [-0.2, -0.15) is 9.57 Å². The third kappa shape index (κ3) is 2.35. The van der Waals surface area contributed by atoms with Crippen LogP contribution in [0.25, 0.3) is 0 Å². The van der Waals surface area contributed by atoms with Crippen LogP contribution in [0.2, 0.25) is 0 Å².